The number of aromatic nitrogens is 2. The Hall–Kier alpha value is -1.36. The Kier molecular flexibility index (Phi) is 2.25. The summed E-state index contributed by atoms with van der Waals surface area (Å²) >= 11 is 1.23. The predicted octanol–water partition coefficient (Wildman–Crippen LogP) is 2.05. The second-order valence-electron chi connectivity index (χ2n) is 3.01. The van der Waals surface area contributed by atoms with E-state index in [0.29, 0.717) is 4.88 Å². The molecule has 0 aliphatic rings. The van der Waals surface area contributed by atoms with Crippen LogP contribution in [0.5, 0.6) is 0 Å². The van der Waals surface area contributed by atoms with E-state index in [4.69, 9.17) is 5.11 Å². The van der Waals surface area contributed by atoms with E-state index in [2.05, 4.69) is 4.98 Å². The number of hydrogen-bond donors (Lipinski definition) is 1. The average Bonchev–Trinajstić information content (AvgIpc) is 2.67. The van der Waals surface area contributed by atoms with Crippen molar-refractivity contribution in [1.29, 1.82) is 0 Å². The summed E-state index contributed by atoms with van der Waals surface area (Å²) in [6.07, 6.45) is 5.21. The van der Waals surface area contributed by atoms with Gasteiger partial charge in [-0.05, 0) is 6.42 Å². The largest absolute Gasteiger partial charge is 0.477 e. The Morgan fingerprint density at radius 1 is 1.71 bits per heavy atom. The van der Waals surface area contributed by atoms with Crippen molar-refractivity contribution in [2.45, 2.75) is 19.8 Å². The van der Waals surface area contributed by atoms with E-state index in [1.165, 1.54) is 11.3 Å². The first kappa shape index (κ1) is 9.21. The number of carboxylic acid groups (broad SMARTS) is 1. The summed E-state index contributed by atoms with van der Waals surface area (Å²) in [5.74, 6) is -0.857. The first-order chi connectivity index (χ1) is 6.74. The molecule has 2 aromatic rings. The topological polar surface area (TPSA) is 54.6 Å². The average molecular weight is 210 g/mol. The van der Waals surface area contributed by atoms with E-state index < -0.39 is 5.97 Å². The van der Waals surface area contributed by atoms with Crippen LogP contribution in [0.25, 0.3) is 4.96 Å². The summed E-state index contributed by atoms with van der Waals surface area (Å²) in [6.45, 7) is 2.03. The van der Waals surface area contributed by atoms with Crippen molar-refractivity contribution in [3.8, 4) is 0 Å². The first-order valence-corrected chi connectivity index (χ1v) is 5.23. The molecule has 4 nitrogen and oxygen atoms in total. The lowest BCUT2D eigenvalue weighted by Gasteiger charge is -1.97. The van der Waals surface area contributed by atoms with Gasteiger partial charge in [0.25, 0.3) is 0 Å². The number of fused-ring (bicyclic) bond motifs is 1. The normalized spacial score (nSPS) is 10.9. The minimum atomic E-state index is -0.857. The summed E-state index contributed by atoms with van der Waals surface area (Å²) in [4.78, 5) is 16.2. The van der Waals surface area contributed by atoms with Gasteiger partial charge in [-0.1, -0.05) is 24.7 Å². The zero-order valence-corrected chi connectivity index (χ0v) is 8.54. The molecule has 0 fully saturated rings. The van der Waals surface area contributed by atoms with Crippen LogP contribution in [-0.4, -0.2) is 20.5 Å². The fraction of sp³-hybridized carbons (Fsp3) is 0.333. The third-order valence-corrected chi connectivity index (χ3v) is 3.13. The van der Waals surface area contributed by atoms with Crippen LogP contribution in [0.2, 0.25) is 0 Å². The summed E-state index contributed by atoms with van der Waals surface area (Å²) < 4.78 is 1.86. The Morgan fingerprint density at radius 3 is 3.14 bits per heavy atom. The van der Waals surface area contributed by atoms with Crippen LogP contribution < -0.4 is 0 Å². The van der Waals surface area contributed by atoms with Crippen LogP contribution in [0.4, 0.5) is 0 Å². The molecular formula is C9H10N2O2S. The molecule has 2 aromatic heterocycles. The molecule has 0 aliphatic carbocycles. The molecule has 0 aromatic carbocycles. The van der Waals surface area contributed by atoms with Gasteiger partial charge in [0.05, 0.1) is 0 Å². The van der Waals surface area contributed by atoms with Crippen LogP contribution in [0.15, 0.2) is 12.4 Å². The molecule has 74 valence electrons. The Bertz CT molecular complexity index is 472. The molecule has 14 heavy (non-hydrogen) atoms. The number of hydrogen-bond acceptors (Lipinski definition) is 3. The molecule has 0 radical (unpaired) electrons. The molecular weight excluding hydrogens is 200 g/mol. The quantitative estimate of drug-likeness (QED) is 0.843. The number of carboxylic acids is 1. The van der Waals surface area contributed by atoms with Crippen molar-refractivity contribution >= 4 is 22.3 Å². The smallest absolute Gasteiger partial charge is 0.347 e. The van der Waals surface area contributed by atoms with E-state index in [9.17, 15) is 4.79 Å². The SMILES string of the molecule is CCCc1c(C(=O)O)sc2nccn12. The monoisotopic (exact) mass is 210 g/mol. The van der Waals surface area contributed by atoms with Gasteiger partial charge in [-0.25, -0.2) is 9.78 Å². The van der Waals surface area contributed by atoms with Crippen LogP contribution in [0.1, 0.15) is 28.7 Å². The molecule has 0 saturated carbocycles. The maximum Gasteiger partial charge on any atom is 0.347 e. The van der Waals surface area contributed by atoms with Crippen LogP contribution >= 0.6 is 11.3 Å². The molecule has 1 N–H and O–H groups in total. The maximum atomic E-state index is 10.9. The standard InChI is InChI=1S/C9H10N2O2S/c1-2-3-6-7(8(12)13)14-9-10-4-5-11(6)9/h4-5H,2-3H2,1H3,(H,12,13). The summed E-state index contributed by atoms with van der Waals surface area (Å²) in [6, 6.07) is 0. The fourth-order valence-corrected chi connectivity index (χ4v) is 2.44. The van der Waals surface area contributed by atoms with Gasteiger partial charge < -0.3 is 5.11 Å². The van der Waals surface area contributed by atoms with Crippen LogP contribution in [-0.2, 0) is 6.42 Å². The summed E-state index contributed by atoms with van der Waals surface area (Å²) in [7, 11) is 0. The highest BCUT2D eigenvalue weighted by molar-refractivity contribution is 7.18. The molecule has 2 heterocycles. The lowest BCUT2D eigenvalue weighted by atomic mass is 10.2. The molecule has 0 saturated heterocycles. The number of carbonyl (C=O) groups is 1. The Morgan fingerprint density at radius 2 is 2.50 bits per heavy atom. The van der Waals surface area contributed by atoms with Gasteiger partial charge in [0.15, 0.2) is 4.96 Å². The molecule has 0 amide bonds. The van der Waals surface area contributed by atoms with Crippen molar-refractivity contribution in [2.75, 3.05) is 0 Å². The fourth-order valence-electron chi connectivity index (χ4n) is 1.47. The van der Waals surface area contributed by atoms with Crippen LogP contribution in [0, 0.1) is 0 Å². The van der Waals surface area contributed by atoms with Crippen molar-refractivity contribution in [1.82, 2.24) is 9.38 Å². The molecule has 0 atom stereocenters. The summed E-state index contributed by atoms with van der Waals surface area (Å²) in [5, 5.41) is 8.98. The number of aromatic carboxylic acids is 1. The van der Waals surface area contributed by atoms with Crippen molar-refractivity contribution < 1.29 is 9.90 Å². The van der Waals surface area contributed by atoms with Gasteiger partial charge in [0.1, 0.15) is 4.88 Å². The Labute approximate surface area is 84.8 Å². The van der Waals surface area contributed by atoms with E-state index in [0.717, 1.165) is 23.5 Å². The number of thiazole rings is 1. The van der Waals surface area contributed by atoms with E-state index in [1.807, 2.05) is 17.5 Å². The minimum absolute atomic E-state index is 0.412. The molecule has 2 rings (SSSR count). The van der Waals surface area contributed by atoms with Gasteiger partial charge in [-0.15, -0.1) is 0 Å². The second-order valence-corrected chi connectivity index (χ2v) is 3.99. The maximum absolute atomic E-state index is 10.9. The number of rotatable bonds is 3. The summed E-state index contributed by atoms with van der Waals surface area (Å²) in [5.41, 5.74) is 0.859. The van der Waals surface area contributed by atoms with Gasteiger partial charge in [0.2, 0.25) is 0 Å². The number of aryl methyl sites for hydroxylation is 1. The van der Waals surface area contributed by atoms with E-state index in [-0.39, 0.29) is 0 Å². The number of nitrogens with zero attached hydrogens (tertiary/aromatic N) is 2. The highest BCUT2D eigenvalue weighted by Crippen LogP contribution is 2.23. The molecule has 0 spiro atoms. The van der Waals surface area contributed by atoms with Gasteiger partial charge in [-0.2, -0.15) is 0 Å². The zero-order chi connectivity index (χ0) is 10.1. The Balaban J connectivity index is 2.63. The predicted molar refractivity (Wildman–Crippen MR) is 54.0 cm³/mol. The van der Waals surface area contributed by atoms with Crippen molar-refractivity contribution in [3.05, 3.63) is 23.0 Å². The van der Waals surface area contributed by atoms with Gasteiger partial charge >= 0.3 is 5.97 Å². The first-order valence-electron chi connectivity index (χ1n) is 4.42. The number of imidazole rings is 1. The van der Waals surface area contributed by atoms with Crippen molar-refractivity contribution in [2.24, 2.45) is 0 Å². The highest BCUT2D eigenvalue weighted by atomic mass is 32.1. The molecule has 0 aliphatic heterocycles. The third-order valence-electron chi connectivity index (χ3n) is 2.03. The zero-order valence-electron chi connectivity index (χ0n) is 7.73. The van der Waals surface area contributed by atoms with Gasteiger partial charge in [0, 0.05) is 18.1 Å². The van der Waals surface area contributed by atoms with Gasteiger partial charge in [-0.3, -0.25) is 4.40 Å². The van der Waals surface area contributed by atoms with E-state index >= 15 is 0 Å². The minimum Gasteiger partial charge on any atom is -0.477 e. The van der Waals surface area contributed by atoms with E-state index in [1.54, 1.807) is 6.20 Å². The molecule has 5 heteroatoms. The highest BCUT2D eigenvalue weighted by Gasteiger charge is 2.17. The molecule has 0 bridgehead atoms. The lowest BCUT2D eigenvalue weighted by molar-refractivity contribution is 0.0700. The van der Waals surface area contributed by atoms with Crippen LogP contribution in [0.3, 0.4) is 0 Å². The second kappa shape index (κ2) is 3.42. The van der Waals surface area contributed by atoms with Crippen molar-refractivity contribution in [3.63, 3.8) is 0 Å². The third kappa shape index (κ3) is 1.29. The lowest BCUT2D eigenvalue weighted by Crippen LogP contribution is -2.00. The molecule has 0 unspecified atom stereocenters.